The van der Waals surface area contributed by atoms with Gasteiger partial charge in [-0.3, -0.25) is 9.36 Å². The molecule has 1 aromatic heterocycles. The van der Waals surface area contributed by atoms with Crippen molar-refractivity contribution in [2.75, 3.05) is 7.11 Å². The van der Waals surface area contributed by atoms with Gasteiger partial charge in [0.1, 0.15) is 0 Å². The van der Waals surface area contributed by atoms with E-state index in [0.29, 0.717) is 16.5 Å². The summed E-state index contributed by atoms with van der Waals surface area (Å²) < 4.78 is 6.17. The maximum atomic E-state index is 12.7. The Kier molecular flexibility index (Phi) is 3.70. The minimum Gasteiger partial charge on any atom is -0.467 e. The zero-order valence-corrected chi connectivity index (χ0v) is 12.0. The van der Waals surface area contributed by atoms with Crippen LogP contribution in [0.3, 0.4) is 0 Å². The summed E-state index contributed by atoms with van der Waals surface area (Å²) in [5, 5.41) is 0.467. The molecule has 0 saturated carbocycles. The van der Waals surface area contributed by atoms with Crippen molar-refractivity contribution in [1.82, 2.24) is 9.55 Å². The van der Waals surface area contributed by atoms with Crippen LogP contribution in [0.5, 0.6) is 0 Å². The quantitative estimate of drug-likeness (QED) is 0.694. The Bertz CT molecular complexity index is 872. The lowest BCUT2D eigenvalue weighted by molar-refractivity contribution is -0.143. The van der Waals surface area contributed by atoms with Gasteiger partial charge >= 0.3 is 5.97 Å². The first-order valence-electron chi connectivity index (χ1n) is 6.81. The molecule has 0 N–H and O–H groups in total. The van der Waals surface area contributed by atoms with Gasteiger partial charge in [-0.15, -0.1) is 0 Å². The van der Waals surface area contributed by atoms with Gasteiger partial charge in [-0.1, -0.05) is 42.5 Å². The molecular weight excluding hydrogens is 280 g/mol. The van der Waals surface area contributed by atoms with E-state index in [1.54, 1.807) is 30.3 Å². The summed E-state index contributed by atoms with van der Waals surface area (Å²) in [6, 6.07) is 15.2. The molecule has 0 aliphatic carbocycles. The van der Waals surface area contributed by atoms with E-state index in [2.05, 4.69) is 4.98 Å². The largest absolute Gasteiger partial charge is 0.467 e. The predicted molar refractivity (Wildman–Crippen MR) is 82.6 cm³/mol. The summed E-state index contributed by atoms with van der Waals surface area (Å²) in [6.07, 6.45) is 1.39. The number of carbonyl (C=O) groups excluding carboxylic acids is 1. The molecule has 0 bridgehead atoms. The SMILES string of the molecule is COC(=O)[C@@H](c1ccccc1)n1cnc2ccccc2c1=O. The molecule has 0 unspecified atom stereocenters. The highest BCUT2D eigenvalue weighted by molar-refractivity contribution is 5.80. The number of hydrogen-bond acceptors (Lipinski definition) is 4. The van der Waals surface area contributed by atoms with Crippen LogP contribution in [-0.4, -0.2) is 22.6 Å². The third kappa shape index (κ3) is 2.37. The van der Waals surface area contributed by atoms with E-state index in [4.69, 9.17) is 4.74 Å². The van der Waals surface area contributed by atoms with E-state index in [9.17, 15) is 9.59 Å². The van der Waals surface area contributed by atoms with Crippen LogP contribution >= 0.6 is 0 Å². The number of methoxy groups -OCH3 is 1. The van der Waals surface area contributed by atoms with Crippen LogP contribution in [0.1, 0.15) is 11.6 Å². The molecule has 0 saturated heterocycles. The van der Waals surface area contributed by atoms with Gasteiger partial charge in [-0.2, -0.15) is 0 Å². The lowest BCUT2D eigenvalue weighted by Gasteiger charge is -2.18. The molecule has 1 atom stereocenters. The van der Waals surface area contributed by atoms with Gasteiger partial charge in [-0.25, -0.2) is 9.78 Å². The minimum absolute atomic E-state index is 0.273. The second kappa shape index (κ2) is 5.81. The molecule has 110 valence electrons. The van der Waals surface area contributed by atoms with Crippen molar-refractivity contribution in [3.63, 3.8) is 0 Å². The highest BCUT2D eigenvalue weighted by Gasteiger charge is 2.25. The van der Waals surface area contributed by atoms with Crippen molar-refractivity contribution in [3.05, 3.63) is 76.8 Å². The van der Waals surface area contributed by atoms with E-state index < -0.39 is 12.0 Å². The van der Waals surface area contributed by atoms with Crippen molar-refractivity contribution in [2.24, 2.45) is 0 Å². The summed E-state index contributed by atoms with van der Waals surface area (Å²) in [5.41, 5.74) is 0.999. The highest BCUT2D eigenvalue weighted by atomic mass is 16.5. The Morgan fingerprint density at radius 1 is 1.09 bits per heavy atom. The molecule has 0 amide bonds. The third-order valence-electron chi connectivity index (χ3n) is 3.51. The fourth-order valence-electron chi connectivity index (χ4n) is 2.42. The van der Waals surface area contributed by atoms with Crippen molar-refractivity contribution in [2.45, 2.75) is 6.04 Å². The fraction of sp³-hybridized carbons (Fsp3) is 0.118. The molecule has 0 aliphatic rings. The monoisotopic (exact) mass is 294 g/mol. The summed E-state index contributed by atoms with van der Waals surface area (Å²) >= 11 is 0. The fourth-order valence-corrected chi connectivity index (χ4v) is 2.42. The molecular formula is C17H14N2O3. The highest BCUT2D eigenvalue weighted by Crippen LogP contribution is 2.19. The third-order valence-corrected chi connectivity index (χ3v) is 3.51. The van der Waals surface area contributed by atoms with Crippen LogP contribution in [0.2, 0.25) is 0 Å². The molecule has 5 nitrogen and oxygen atoms in total. The Morgan fingerprint density at radius 3 is 2.50 bits per heavy atom. The molecule has 3 aromatic rings. The number of esters is 1. The summed E-state index contributed by atoms with van der Waals surface area (Å²) in [7, 11) is 1.30. The Hall–Kier alpha value is -2.95. The number of rotatable bonds is 3. The predicted octanol–water partition coefficient (Wildman–Crippen LogP) is 2.16. The summed E-state index contributed by atoms with van der Waals surface area (Å²) in [6.45, 7) is 0. The molecule has 0 spiro atoms. The maximum Gasteiger partial charge on any atom is 0.333 e. The van der Waals surface area contributed by atoms with Gasteiger partial charge in [0.05, 0.1) is 24.3 Å². The zero-order valence-electron chi connectivity index (χ0n) is 12.0. The molecule has 0 aliphatic heterocycles. The summed E-state index contributed by atoms with van der Waals surface area (Å²) in [4.78, 5) is 29.1. The molecule has 2 aromatic carbocycles. The molecule has 1 heterocycles. The van der Waals surface area contributed by atoms with Crippen LogP contribution in [0.4, 0.5) is 0 Å². The second-order valence-corrected chi connectivity index (χ2v) is 4.81. The first-order chi connectivity index (χ1) is 10.7. The average molecular weight is 294 g/mol. The van der Waals surface area contributed by atoms with E-state index in [1.807, 2.05) is 24.3 Å². The summed E-state index contributed by atoms with van der Waals surface area (Å²) in [5.74, 6) is -0.509. The molecule has 22 heavy (non-hydrogen) atoms. The first-order valence-corrected chi connectivity index (χ1v) is 6.81. The normalized spacial score (nSPS) is 12.0. The van der Waals surface area contributed by atoms with Gasteiger partial charge in [-0.05, 0) is 17.7 Å². The molecule has 0 radical (unpaired) electrons. The standard InChI is InChI=1S/C17H14N2O3/c1-22-17(21)15(12-7-3-2-4-8-12)19-11-18-14-10-6-5-9-13(14)16(19)20/h2-11,15H,1H3/t15-/m1/s1. The van der Waals surface area contributed by atoms with Gasteiger partial charge in [0.15, 0.2) is 6.04 Å². The van der Waals surface area contributed by atoms with E-state index in [1.165, 1.54) is 18.0 Å². The van der Waals surface area contributed by atoms with Crippen molar-refractivity contribution < 1.29 is 9.53 Å². The van der Waals surface area contributed by atoms with E-state index >= 15 is 0 Å². The average Bonchev–Trinajstić information content (AvgIpc) is 2.58. The molecule has 5 heteroatoms. The zero-order chi connectivity index (χ0) is 15.5. The van der Waals surface area contributed by atoms with Crippen LogP contribution < -0.4 is 5.56 Å². The van der Waals surface area contributed by atoms with Gasteiger partial charge in [0.25, 0.3) is 5.56 Å². The Labute approximate surface area is 126 Å². The Balaban J connectivity index is 2.23. The van der Waals surface area contributed by atoms with Crippen molar-refractivity contribution >= 4 is 16.9 Å². The van der Waals surface area contributed by atoms with Crippen LogP contribution in [0.15, 0.2) is 65.7 Å². The number of fused-ring (bicyclic) bond motifs is 1. The molecule has 0 fully saturated rings. The lowest BCUT2D eigenvalue weighted by atomic mass is 10.1. The van der Waals surface area contributed by atoms with Gasteiger partial charge in [0, 0.05) is 0 Å². The number of para-hydroxylation sites is 1. The number of carbonyl (C=O) groups is 1. The van der Waals surface area contributed by atoms with E-state index in [-0.39, 0.29) is 5.56 Å². The van der Waals surface area contributed by atoms with Crippen LogP contribution in [-0.2, 0) is 9.53 Å². The number of hydrogen-bond donors (Lipinski definition) is 0. The van der Waals surface area contributed by atoms with Gasteiger partial charge in [0.2, 0.25) is 0 Å². The number of ether oxygens (including phenoxy) is 1. The Morgan fingerprint density at radius 2 is 1.77 bits per heavy atom. The minimum atomic E-state index is -0.851. The van der Waals surface area contributed by atoms with Crippen LogP contribution in [0, 0.1) is 0 Å². The maximum absolute atomic E-state index is 12.7. The first kappa shape index (κ1) is 14.0. The smallest absolute Gasteiger partial charge is 0.333 e. The van der Waals surface area contributed by atoms with E-state index in [0.717, 1.165) is 0 Å². The lowest BCUT2D eigenvalue weighted by Crippen LogP contribution is -2.31. The second-order valence-electron chi connectivity index (χ2n) is 4.81. The number of benzene rings is 2. The number of aromatic nitrogens is 2. The van der Waals surface area contributed by atoms with Gasteiger partial charge < -0.3 is 4.74 Å². The van der Waals surface area contributed by atoms with Crippen molar-refractivity contribution in [3.8, 4) is 0 Å². The van der Waals surface area contributed by atoms with Crippen LogP contribution in [0.25, 0.3) is 10.9 Å². The van der Waals surface area contributed by atoms with Crippen molar-refractivity contribution in [1.29, 1.82) is 0 Å². The number of nitrogens with zero attached hydrogens (tertiary/aromatic N) is 2. The topological polar surface area (TPSA) is 61.2 Å². The molecule has 3 rings (SSSR count).